The average molecular weight is 292 g/mol. The highest BCUT2D eigenvalue weighted by Crippen LogP contribution is 2.28. The van der Waals surface area contributed by atoms with Gasteiger partial charge in [0.25, 0.3) is 0 Å². The van der Waals surface area contributed by atoms with Crippen molar-refractivity contribution in [3.63, 3.8) is 0 Å². The van der Waals surface area contributed by atoms with E-state index in [1.807, 2.05) is 0 Å². The van der Waals surface area contributed by atoms with Crippen LogP contribution in [0.1, 0.15) is 40.0 Å². The Hall–Kier alpha value is -1.28. The Morgan fingerprint density at radius 1 is 0.900 bits per heavy atom. The van der Waals surface area contributed by atoms with Crippen LogP contribution in [0.5, 0.6) is 0 Å². The van der Waals surface area contributed by atoms with Gasteiger partial charge >= 0.3 is 0 Å². The molecule has 2 aromatic carbocycles. The molecule has 0 radical (unpaired) electrons. The smallest absolute Gasteiger partial charge is 0.0739 e. The van der Waals surface area contributed by atoms with Gasteiger partial charge < -0.3 is 0 Å². The van der Waals surface area contributed by atoms with Crippen molar-refractivity contribution in [1.82, 2.24) is 0 Å². The van der Waals surface area contributed by atoms with Crippen molar-refractivity contribution < 1.29 is 19.2 Å². The molecule has 20 heavy (non-hydrogen) atoms. The van der Waals surface area contributed by atoms with Gasteiger partial charge in [0.2, 0.25) is 6.71 Å². The summed E-state index contributed by atoms with van der Waals surface area (Å²) in [5.41, 5.74) is -0.426. The van der Waals surface area contributed by atoms with Gasteiger partial charge in [-0.3, -0.25) is 0 Å². The number of rotatable bonds is 0. The van der Waals surface area contributed by atoms with E-state index in [1.54, 1.807) is 20.8 Å². The van der Waals surface area contributed by atoms with Crippen molar-refractivity contribution in [1.29, 1.82) is 0 Å². The molecule has 0 spiro atoms. The van der Waals surface area contributed by atoms with Crippen LogP contribution in [0.3, 0.4) is 0 Å². The number of hydrogen-bond acceptors (Lipinski definition) is 0. The first-order valence-corrected chi connectivity index (χ1v) is 8.37. The summed E-state index contributed by atoms with van der Waals surface area (Å²) in [7, 11) is -5.33. The maximum Gasteiger partial charge on any atom is 0.214 e. The molecule has 0 N–H and O–H groups in total. The average Bonchev–Trinajstić information content (AvgIpc) is 2.68. The number of hydrogen-bond donors (Lipinski definition) is 0. The van der Waals surface area contributed by atoms with Crippen molar-refractivity contribution in [2.75, 3.05) is 0 Å². The first-order valence-electron chi connectivity index (χ1n) is 13.4. The molecule has 0 aromatic heterocycles. The molecular weight excluding hydrogens is 255 g/mol. The minimum absolute atomic E-state index is 0.213. The van der Waals surface area contributed by atoms with Gasteiger partial charge in [0.05, 0.1) is 11.0 Å². The first kappa shape index (κ1) is 4.88. The summed E-state index contributed by atoms with van der Waals surface area (Å²) in [4.78, 5) is 0. The third-order valence-electron chi connectivity index (χ3n) is 3.63. The quantitative estimate of drug-likeness (QED) is 0.653. The monoisotopic (exact) mass is 292 g/mol. The first-order chi connectivity index (χ1) is 15.2. The fourth-order valence-electron chi connectivity index (χ4n) is 2.80. The van der Waals surface area contributed by atoms with Crippen LogP contribution in [-0.4, -0.2) is 14.8 Å². The van der Waals surface area contributed by atoms with Gasteiger partial charge in [-0.05, 0) is 0 Å². The Kier molecular flexibility index (Phi) is 1.06. The SMILES string of the molecule is [2H]c1c([2H])c([2H])c2c(c1[2H])B(C(C)(C)C)c1c([2H])c([2H])c([2H])c([2H])c1[Si]2(C([2H])([2H])[2H])C([2H])([2H])[2H]. The van der Waals surface area contributed by atoms with Crippen LogP contribution >= 0.6 is 0 Å². The molecule has 2 aromatic rings. The van der Waals surface area contributed by atoms with E-state index in [1.165, 1.54) is 0 Å². The van der Waals surface area contributed by atoms with Crippen molar-refractivity contribution >= 4 is 36.1 Å². The molecule has 1 aliphatic rings. The van der Waals surface area contributed by atoms with E-state index in [2.05, 4.69) is 0 Å². The van der Waals surface area contributed by atoms with E-state index in [-0.39, 0.29) is 10.9 Å². The van der Waals surface area contributed by atoms with Crippen LogP contribution in [0.2, 0.25) is 18.3 Å². The molecule has 0 aliphatic carbocycles. The van der Waals surface area contributed by atoms with Gasteiger partial charge in [-0.15, -0.1) is 0 Å². The zero-order valence-electron chi connectivity index (χ0n) is 25.6. The van der Waals surface area contributed by atoms with E-state index in [0.29, 0.717) is 0 Å². The predicted octanol–water partition coefficient (Wildman–Crippen LogP) is 2.23. The lowest BCUT2D eigenvalue weighted by Crippen LogP contribution is -2.75. The van der Waals surface area contributed by atoms with E-state index >= 15 is 0 Å². The standard InChI is InChI=1S/C18H23BSi/c1-18(2,3)19-14-10-6-8-12-16(14)20(4,5)17-13-9-7-11-15(17)19/h6-13H,1-5H3/i4D3,5D3,6D,7D,8D,9D,10D,11D,12D,13D. The summed E-state index contributed by atoms with van der Waals surface area (Å²) in [5, 5.41) is -1.99. The summed E-state index contributed by atoms with van der Waals surface area (Å²) >= 11 is 0. The van der Waals surface area contributed by atoms with Crippen LogP contribution in [-0.2, 0) is 0 Å². The van der Waals surface area contributed by atoms with Gasteiger partial charge in [0.15, 0.2) is 0 Å². The lowest BCUT2D eigenvalue weighted by atomic mass is 9.28. The molecular formula is C18H23BSi. The zero-order valence-corrected chi connectivity index (χ0v) is 12.6. The number of benzene rings is 2. The summed E-state index contributed by atoms with van der Waals surface area (Å²) in [5.74, 6) is 0. The van der Waals surface area contributed by atoms with Crippen LogP contribution in [0.15, 0.2) is 48.3 Å². The Morgan fingerprint density at radius 2 is 1.35 bits per heavy atom. The highest BCUT2D eigenvalue weighted by atomic mass is 28.3. The molecule has 0 atom stereocenters. The lowest BCUT2D eigenvalue weighted by molar-refractivity contribution is 0.750. The van der Waals surface area contributed by atoms with Crippen molar-refractivity contribution in [2.45, 2.75) is 39.0 Å². The molecule has 102 valence electrons. The maximum absolute atomic E-state index is 8.64. The second kappa shape index (κ2) is 4.36. The Bertz CT molecular complexity index is 1120. The molecule has 0 saturated heterocycles. The summed E-state index contributed by atoms with van der Waals surface area (Å²) in [6.45, 7) is -2.71. The molecule has 0 nitrogen and oxygen atoms in total. The maximum atomic E-state index is 8.64. The molecule has 1 heterocycles. The van der Waals surface area contributed by atoms with Crippen molar-refractivity contribution in [3.05, 3.63) is 48.3 Å². The molecule has 3 rings (SSSR count). The highest BCUT2D eigenvalue weighted by molar-refractivity contribution is 7.11. The molecule has 0 saturated carbocycles. The predicted molar refractivity (Wildman–Crippen MR) is 94.4 cm³/mol. The van der Waals surface area contributed by atoms with Gasteiger partial charge in [0.1, 0.15) is 8.07 Å². The second-order valence-electron chi connectivity index (χ2n) is 6.13. The van der Waals surface area contributed by atoms with Crippen molar-refractivity contribution in [2.24, 2.45) is 0 Å². The largest absolute Gasteiger partial charge is 0.214 e. The molecule has 2 heteroatoms. The van der Waals surface area contributed by atoms with Gasteiger partial charge in [-0.25, -0.2) is 0 Å². The molecule has 0 unspecified atom stereocenters. The van der Waals surface area contributed by atoms with Crippen LogP contribution in [0.25, 0.3) is 0 Å². The lowest BCUT2D eigenvalue weighted by Gasteiger charge is -2.41. The van der Waals surface area contributed by atoms with Crippen molar-refractivity contribution in [3.8, 4) is 0 Å². The third-order valence-corrected chi connectivity index (χ3v) is 5.92. The van der Waals surface area contributed by atoms with E-state index in [9.17, 15) is 0 Å². The second-order valence-corrected chi connectivity index (χ2v) is 8.63. The van der Waals surface area contributed by atoms with Gasteiger partial charge in [0, 0.05) is 8.22 Å². The Balaban J connectivity index is 2.90. The Labute approximate surface area is 144 Å². The zero-order chi connectivity index (χ0) is 26.5. The molecule has 1 aliphatic heterocycles. The third kappa shape index (κ3) is 1.89. The van der Waals surface area contributed by atoms with E-state index < -0.39 is 91.8 Å². The fourth-order valence-corrected chi connectivity index (χ4v) is 4.78. The summed E-state index contributed by atoms with van der Waals surface area (Å²) in [6, 6.07) is -5.68. The summed E-state index contributed by atoms with van der Waals surface area (Å²) < 4.78 is 118. The Morgan fingerprint density at radius 3 is 1.75 bits per heavy atom. The minimum atomic E-state index is -5.33. The van der Waals surface area contributed by atoms with Crippen LogP contribution < -0.4 is 21.3 Å². The molecule has 0 amide bonds. The fraction of sp³-hybridized carbons (Fsp3) is 0.333. The number of fused-ring (bicyclic) bond motifs is 2. The topological polar surface area (TPSA) is 0 Å². The highest BCUT2D eigenvalue weighted by Gasteiger charge is 2.44. The minimum Gasteiger partial charge on any atom is -0.0739 e. The summed E-state index contributed by atoms with van der Waals surface area (Å²) in [6.07, 6.45) is 0. The molecule has 0 bridgehead atoms. The molecule has 0 fully saturated rings. The van der Waals surface area contributed by atoms with Gasteiger partial charge in [-0.1, -0.05) is 109 Å². The van der Waals surface area contributed by atoms with E-state index in [0.717, 1.165) is 0 Å². The van der Waals surface area contributed by atoms with Crippen LogP contribution in [0.4, 0.5) is 0 Å². The van der Waals surface area contributed by atoms with Gasteiger partial charge in [-0.2, -0.15) is 0 Å². The normalized spacial score (nSPS) is 27.9. The van der Waals surface area contributed by atoms with Crippen LogP contribution in [0, 0.1) is 0 Å². The van der Waals surface area contributed by atoms with E-state index in [4.69, 9.17) is 19.2 Å².